The zero-order valence-corrected chi connectivity index (χ0v) is 12.8. The average Bonchev–Trinajstić information content (AvgIpc) is 2.55. The highest BCUT2D eigenvalue weighted by Gasteiger charge is 2.09. The molecule has 0 aliphatic heterocycles. The number of carbonyl (C=O) groups is 1. The minimum Gasteiger partial charge on any atom is -0.351 e. The molecule has 0 radical (unpaired) electrons. The number of halogens is 2. The van der Waals surface area contributed by atoms with Crippen LogP contribution in [-0.4, -0.2) is 22.6 Å². The molecule has 23 heavy (non-hydrogen) atoms. The van der Waals surface area contributed by atoms with Crippen LogP contribution in [0.4, 0.5) is 20.3 Å². The molecule has 0 bridgehead atoms. The van der Waals surface area contributed by atoms with E-state index < -0.39 is 11.6 Å². The molecule has 0 saturated carbocycles. The van der Waals surface area contributed by atoms with Crippen LogP contribution < -0.4 is 10.6 Å². The summed E-state index contributed by atoms with van der Waals surface area (Å²) in [7, 11) is 0. The second kappa shape index (κ2) is 8.17. The molecule has 7 heteroatoms. The van der Waals surface area contributed by atoms with Gasteiger partial charge in [0.1, 0.15) is 11.6 Å². The van der Waals surface area contributed by atoms with E-state index in [1.165, 1.54) is 18.2 Å². The van der Waals surface area contributed by atoms with Gasteiger partial charge in [0.05, 0.1) is 5.69 Å². The van der Waals surface area contributed by atoms with Gasteiger partial charge < -0.3 is 10.6 Å². The van der Waals surface area contributed by atoms with Gasteiger partial charge in [-0.2, -0.15) is 0 Å². The summed E-state index contributed by atoms with van der Waals surface area (Å²) in [6.07, 6.45) is 3.05. The lowest BCUT2D eigenvalue weighted by molar-refractivity contribution is 0.0947. The number of anilines is 2. The van der Waals surface area contributed by atoms with Crippen LogP contribution in [0.2, 0.25) is 0 Å². The Morgan fingerprint density at radius 3 is 2.61 bits per heavy atom. The molecular formula is C16H18F2N4O. The van der Waals surface area contributed by atoms with Gasteiger partial charge in [0.2, 0.25) is 0 Å². The number of carbonyl (C=O) groups excluding carboxylic acids is 1. The van der Waals surface area contributed by atoms with Crippen LogP contribution in [0.3, 0.4) is 0 Å². The molecule has 2 N–H and O–H groups in total. The summed E-state index contributed by atoms with van der Waals surface area (Å²) in [5.41, 5.74) is 0.268. The normalized spacial score (nSPS) is 10.4. The minimum atomic E-state index is -0.732. The van der Waals surface area contributed by atoms with Crippen LogP contribution in [0.1, 0.15) is 36.7 Å². The summed E-state index contributed by atoms with van der Waals surface area (Å²) >= 11 is 0. The van der Waals surface area contributed by atoms with E-state index >= 15 is 0 Å². The van der Waals surface area contributed by atoms with Gasteiger partial charge in [-0.3, -0.25) is 4.79 Å². The molecule has 0 aliphatic rings. The van der Waals surface area contributed by atoms with Crippen LogP contribution in [0, 0.1) is 11.6 Å². The molecule has 0 saturated heterocycles. The highest BCUT2D eigenvalue weighted by atomic mass is 19.1. The topological polar surface area (TPSA) is 66.9 Å². The van der Waals surface area contributed by atoms with Gasteiger partial charge in [0.15, 0.2) is 11.5 Å². The molecule has 2 rings (SSSR count). The van der Waals surface area contributed by atoms with Crippen LogP contribution in [-0.2, 0) is 0 Å². The molecule has 5 nitrogen and oxygen atoms in total. The number of aromatic nitrogens is 2. The highest BCUT2D eigenvalue weighted by Crippen LogP contribution is 2.18. The summed E-state index contributed by atoms with van der Waals surface area (Å²) in [6.45, 7) is 2.68. The molecule has 0 atom stereocenters. The SMILES string of the molecule is CCCCCNC(=O)c1ccc(Nc2ccc(F)cc2F)nn1. The maximum atomic E-state index is 13.5. The number of hydrogen-bond donors (Lipinski definition) is 2. The van der Waals surface area contributed by atoms with Crippen LogP contribution >= 0.6 is 0 Å². The van der Waals surface area contributed by atoms with Gasteiger partial charge in [0, 0.05) is 12.6 Å². The predicted molar refractivity (Wildman–Crippen MR) is 83.5 cm³/mol. The number of amides is 1. The van der Waals surface area contributed by atoms with Crippen LogP contribution in [0.5, 0.6) is 0 Å². The molecule has 1 aromatic carbocycles. The largest absolute Gasteiger partial charge is 0.351 e. The van der Waals surface area contributed by atoms with Crippen molar-refractivity contribution in [2.75, 3.05) is 11.9 Å². The molecule has 1 amide bonds. The van der Waals surface area contributed by atoms with Crippen LogP contribution in [0.15, 0.2) is 30.3 Å². The van der Waals surface area contributed by atoms with Gasteiger partial charge in [-0.1, -0.05) is 19.8 Å². The van der Waals surface area contributed by atoms with Crippen molar-refractivity contribution in [2.24, 2.45) is 0 Å². The van der Waals surface area contributed by atoms with Crippen molar-refractivity contribution in [1.82, 2.24) is 15.5 Å². The molecule has 1 heterocycles. The van der Waals surface area contributed by atoms with Crippen LogP contribution in [0.25, 0.3) is 0 Å². The zero-order chi connectivity index (χ0) is 16.7. The van der Waals surface area contributed by atoms with E-state index in [2.05, 4.69) is 27.8 Å². The van der Waals surface area contributed by atoms with E-state index in [-0.39, 0.29) is 23.1 Å². The zero-order valence-electron chi connectivity index (χ0n) is 12.8. The smallest absolute Gasteiger partial charge is 0.271 e. The van der Waals surface area contributed by atoms with E-state index in [4.69, 9.17) is 0 Å². The maximum absolute atomic E-state index is 13.5. The average molecular weight is 320 g/mol. The summed E-state index contributed by atoms with van der Waals surface area (Å²) < 4.78 is 26.4. The van der Waals surface area contributed by atoms with Gasteiger partial charge in [0.25, 0.3) is 5.91 Å². The molecule has 0 fully saturated rings. The van der Waals surface area contributed by atoms with Crippen molar-refractivity contribution in [3.8, 4) is 0 Å². The first-order chi connectivity index (χ1) is 11.1. The fraction of sp³-hybridized carbons (Fsp3) is 0.312. The minimum absolute atomic E-state index is 0.0810. The van der Waals surface area contributed by atoms with Crippen molar-refractivity contribution in [1.29, 1.82) is 0 Å². The summed E-state index contributed by atoms with van der Waals surface area (Å²) in [6, 6.07) is 6.17. The molecule has 1 aromatic heterocycles. The lowest BCUT2D eigenvalue weighted by Crippen LogP contribution is -2.25. The highest BCUT2D eigenvalue weighted by molar-refractivity contribution is 5.92. The Morgan fingerprint density at radius 2 is 1.96 bits per heavy atom. The predicted octanol–water partition coefficient (Wildman–Crippen LogP) is 3.42. The Kier molecular flexibility index (Phi) is 5.96. The molecule has 0 aliphatic carbocycles. The molecule has 0 unspecified atom stereocenters. The van der Waals surface area contributed by atoms with Crippen molar-refractivity contribution < 1.29 is 13.6 Å². The third-order valence-corrected chi connectivity index (χ3v) is 3.16. The Labute approximate surface area is 133 Å². The summed E-state index contributed by atoms with van der Waals surface area (Å²) in [4.78, 5) is 11.8. The summed E-state index contributed by atoms with van der Waals surface area (Å²) in [5.74, 6) is -1.43. The van der Waals surface area contributed by atoms with Crippen molar-refractivity contribution >= 4 is 17.4 Å². The van der Waals surface area contributed by atoms with Gasteiger partial charge in [-0.05, 0) is 30.7 Å². The van der Waals surface area contributed by atoms with E-state index in [1.54, 1.807) is 0 Å². The molecular weight excluding hydrogens is 302 g/mol. The number of benzene rings is 1. The van der Waals surface area contributed by atoms with Crippen molar-refractivity contribution in [2.45, 2.75) is 26.2 Å². The fourth-order valence-corrected chi connectivity index (χ4v) is 1.92. The number of hydrogen-bond acceptors (Lipinski definition) is 4. The second-order valence-electron chi connectivity index (χ2n) is 5.02. The van der Waals surface area contributed by atoms with Crippen molar-refractivity contribution in [3.63, 3.8) is 0 Å². The van der Waals surface area contributed by atoms with Crippen molar-refractivity contribution in [3.05, 3.63) is 47.7 Å². The van der Waals surface area contributed by atoms with Gasteiger partial charge in [-0.25, -0.2) is 8.78 Å². The number of nitrogens with one attached hydrogen (secondary N) is 2. The number of nitrogens with zero attached hydrogens (tertiary/aromatic N) is 2. The standard InChI is InChI=1S/C16H18F2N4O/c1-2-3-4-9-19-16(23)14-7-8-15(22-21-14)20-13-6-5-11(17)10-12(13)18/h5-8,10H,2-4,9H2,1H3,(H,19,23)(H,20,22). The quantitative estimate of drug-likeness (QED) is 0.767. The molecule has 122 valence electrons. The summed E-state index contributed by atoms with van der Waals surface area (Å²) in [5, 5.41) is 13.1. The Morgan fingerprint density at radius 1 is 1.13 bits per heavy atom. The third-order valence-electron chi connectivity index (χ3n) is 3.16. The number of unbranched alkanes of at least 4 members (excludes halogenated alkanes) is 2. The lowest BCUT2D eigenvalue weighted by Gasteiger charge is -2.07. The molecule has 0 spiro atoms. The van der Waals surface area contributed by atoms with E-state index in [0.717, 1.165) is 31.4 Å². The lowest BCUT2D eigenvalue weighted by atomic mass is 10.2. The van der Waals surface area contributed by atoms with Gasteiger partial charge >= 0.3 is 0 Å². The van der Waals surface area contributed by atoms with E-state index in [0.29, 0.717) is 6.54 Å². The number of rotatable bonds is 7. The first-order valence-electron chi connectivity index (χ1n) is 7.44. The second-order valence-corrected chi connectivity index (χ2v) is 5.02. The Hall–Kier alpha value is -2.57. The fourth-order valence-electron chi connectivity index (χ4n) is 1.92. The monoisotopic (exact) mass is 320 g/mol. The molecule has 2 aromatic rings. The van der Waals surface area contributed by atoms with E-state index in [1.807, 2.05) is 0 Å². The van der Waals surface area contributed by atoms with Gasteiger partial charge in [-0.15, -0.1) is 10.2 Å². The maximum Gasteiger partial charge on any atom is 0.271 e. The first-order valence-corrected chi connectivity index (χ1v) is 7.44. The Balaban J connectivity index is 1.95. The van der Waals surface area contributed by atoms with E-state index in [9.17, 15) is 13.6 Å². The first kappa shape index (κ1) is 16.8. The Bertz CT molecular complexity index is 662. The third kappa shape index (κ3) is 4.98.